The van der Waals surface area contributed by atoms with Crippen molar-refractivity contribution in [2.75, 3.05) is 6.61 Å². The number of aliphatic imine (C=N–C) groups is 1. The van der Waals surface area contributed by atoms with Crippen LogP contribution in [-0.2, 0) is 4.18 Å². The molecular weight excluding hydrogens is 436 g/mol. The standard InChI is InChI=1S/C17H11BrN4O2S2/c18-10-4-1-3-9(7-10)12-8-11-15(25-12)14(16(19)23)21-22-17(11)20-13-5-2-6-24-26-13/h1-5,7-8H,6H2,(H2,19,23). The van der Waals surface area contributed by atoms with E-state index in [0.717, 1.165) is 20.3 Å². The van der Waals surface area contributed by atoms with Crippen LogP contribution in [0, 0.1) is 0 Å². The van der Waals surface area contributed by atoms with Crippen molar-refractivity contribution >= 4 is 66.2 Å². The number of thiophene rings is 1. The van der Waals surface area contributed by atoms with Crippen LogP contribution in [-0.4, -0.2) is 27.8 Å². The number of primary amides is 1. The molecule has 0 unspecified atom stereocenters. The number of carbonyl (C=O) groups excluding carboxylic acids is 1. The molecule has 3 aromatic rings. The molecule has 3 heterocycles. The van der Waals surface area contributed by atoms with Gasteiger partial charge in [0.05, 0.1) is 11.3 Å². The molecule has 0 aliphatic carbocycles. The summed E-state index contributed by atoms with van der Waals surface area (Å²) < 4.78 is 6.94. The van der Waals surface area contributed by atoms with Crippen molar-refractivity contribution in [2.45, 2.75) is 0 Å². The van der Waals surface area contributed by atoms with E-state index in [4.69, 9.17) is 9.92 Å². The number of amides is 1. The molecule has 1 aliphatic heterocycles. The zero-order valence-corrected chi connectivity index (χ0v) is 16.4. The fraction of sp³-hybridized carbons (Fsp3) is 0.0588. The molecule has 9 heteroatoms. The topological polar surface area (TPSA) is 90.5 Å². The maximum Gasteiger partial charge on any atom is 0.270 e. The Balaban J connectivity index is 1.91. The third kappa shape index (κ3) is 3.43. The number of rotatable bonds is 3. The second-order valence-electron chi connectivity index (χ2n) is 5.32. The van der Waals surface area contributed by atoms with Crippen LogP contribution in [0.2, 0.25) is 0 Å². The molecule has 0 spiro atoms. The summed E-state index contributed by atoms with van der Waals surface area (Å²) in [5.74, 6) is -0.181. The normalized spacial score (nSPS) is 15.7. The van der Waals surface area contributed by atoms with E-state index in [-0.39, 0.29) is 5.69 Å². The molecule has 0 saturated carbocycles. The first-order chi connectivity index (χ1) is 12.6. The first-order valence-electron chi connectivity index (χ1n) is 7.52. The van der Waals surface area contributed by atoms with Gasteiger partial charge in [-0.3, -0.25) is 4.79 Å². The molecule has 4 rings (SSSR count). The minimum Gasteiger partial charge on any atom is -0.364 e. The lowest BCUT2D eigenvalue weighted by atomic mass is 10.1. The van der Waals surface area contributed by atoms with Gasteiger partial charge in [-0.05, 0) is 29.8 Å². The number of hydrogen-bond donors (Lipinski definition) is 1. The highest BCUT2D eigenvalue weighted by Gasteiger charge is 2.18. The van der Waals surface area contributed by atoms with Gasteiger partial charge in [-0.25, -0.2) is 4.99 Å². The maximum atomic E-state index is 11.8. The Morgan fingerprint density at radius 2 is 2.19 bits per heavy atom. The van der Waals surface area contributed by atoms with Crippen LogP contribution in [0.15, 0.2) is 51.9 Å². The zero-order valence-electron chi connectivity index (χ0n) is 13.2. The van der Waals surface area contributed by atoms with Gasteiger partial charge in [0.25, 0.3) is 5.91 Å². The van der Waals surface area contributed by atoms with Gasteiger partial charge < -0.3 is 9.92 Å². The van der Waals surface area contributed by atoms with E-state index in [1.54, 1.807) is 0 Å². The van der Waals surface area contributed by atoms with Crippen LogP contribution in [0.4, 0.5) is 5.82 Å². The molecule has 0 radical (unpaired) electrons. The minimum absolute atomic E-state index is 0.151. The summed E-state index contributed by atoms with van der Waals surface area (Å²) in [5.41, 5.74) is 6.64. The van der Waals surface area contributed by atoms with Crippen molar-refractivity contribution in [1.29, 1.82) is 0 Å². The van der Waals surface area contributed by atoms with Crippen LogP contribution in [0.3, 0.4) is 0 Å². The lowest BCUT2D eigenvalue weighted by molar-refractivity contribution is 0.0996. The molecule has 6 nitrogen and oxygen atoms in total. The number of hydrogen-bond acceptors (Lipinski definition) is 7. The second-order valence-corrected chi connectivity index (χ2v) is 8.11. The highest BCUT2D eigenvalue weighted by molar-refractivity contribution is 9.10. The average Bonchev–Trinajstić information content (AvgIpc) is 3.08. The Labute approximate surface area is 165 Å². The SMILES string of the molecule is NC(=O)c1nnc(N=C2C=CCOS2)c2cc(-c3cccc(Br)c3)sc12. The van der Waals surface area contributed by atoms with E-state index in [0.29, 0.717) is 22.2 Å². The fourth-order valence-electron chi connectivity index (χ4n) is 2.43. The van der Waals surface area contributed by atoms with Crippen LogP contribution < -0.4 is 5.73 Å². The van der Waals surface area contributed by atoms with Gasteiger partial charge in [-0.1, -0.05) is 34.1 Å². The van der Waals surface area contributed by atoms with Gasteiger partial charge in [0, 0.05) is 26.8 Å². The summed E-state index contributed by atoms with van der Waals surface area (Å²) in [6.07, 6.45) is 3.74. The summed E-state index contributed by atoms with van der Waals surface area (Å²) in [6.45, 7) is 0.539. The lowest BCUT2D eigenvalue weighted by Crippen LogP contribution is -2.13. The lowest BCUT2D eigenvalue weighted by Gasteiger charge is -2.05. The Hall–Kier alpha value is -2.07. The molecule has 2 aromatic heterocycles. The van der Waals surface area contributed by atoms with E-state index < -0.39 is 5.91 Å². The molecule has 0 fully saturated rings. The van der Waals surface area contributed by atoms with Crippen molar-refractivity contribution in [1.82, 2.24) is 10.2 Å². The Bertz CT molecular complexity index is 1080. The van der Waals surface area contributed by atoms with Gasteiger partial charge in [0.15, 0.2) is 11.5 Å². The van der Waals surface area contributed by atoms with Crippen molar-refractivity contribution in [3.63, 3.8) is 0 Å². The first kappa shape index (κ1) is 17.3. The monoisotopic (exact) mass is 446 g/mol. The Morgan fingerprint density at radius 1 is 1.31 bits per heavy atom. The molecule has 0 atom stereocenters. The predicted molar refractivity (Wildman–Crippen MR) is 109 cm³/mol. The number of nitrogens with zero attached hydrogens (tertiary/aromatic N) is 3. The van der Waals surface area contributed by atoms with Crippen LogP contribution in [0.5, 0.6) is 0 Å². The van der Waals surface area contributed by atoms with Gasteiger partial charge in [0.1, 0.15) is 5.04 Å². The third-order valence-corrected chi connectivity index (χ3v) is 5.90. The molecular formula is C17H11BrN4O2S2. The number of benzene rings is 1. The predicted octanol–water partition coefficient (Wildman–Crippen LogP) is 4.48. The number of halogens is 1. The van der Waals surface area contributed by atoms with Gasteiger partial charge >= 0.3 is 0 Å². The minimum atomic E-state index is -0.611. The highest BCUT2D eigenvalue weighted by atomic mass is 79.9. The first-order valence-corrected chi connectivity index (χ1v) is 9.87. The van der Waals surface area contributed by atoms with Crippen molar-refractivity contribution < 1.29 is 8.98 Å². The van der Waals surface area contributed by atoms with Crippen LogP contribution in [0.1, 0.15) is 10.5 Å². The second kappa shape index (κ2) is 7.28. The van der Waals surface area contributed by atoms with Crippen molar-refractivity contribution in [3.8, 4) is 10.4 Å². The zero-order chi connectivity index (χ0) is 18.1. The molecule has 1 aliphatic rings. The highest BCUT2D eigenvalue weighted by Crippen LogP contribution is 2.39. The van der Waals surface area contributed by atoms with Crippen LogP contribution >= 0.6 is 39.3 Å². The van der Waals surface area contributed by atoms with Crippen LogP contribution in [0.25, 0.3) is 20.5 Å². The number of aromatic nitrogens is 2. The molecule has 2 N–H and O–H groups in total. The Morgan fingerprint density at radius 3 is 2.92 bits per heavy atom. The van der Waals surface area contributed by atoms with Crippen molar-refractivity contribution in [2.24, 2.45) is 10.7 Å². The fourth-order valence-corrected chi connectivity index (χ4v) is 4.51. The number of fused-ring (bicyclic) bond motifs is 1. The molecule has 1 amide bonds. The van der Waals surface area contributed by atoms with Gasteiger partial charge in [0.2, 0.25) is 0 Å². The Kier molecular flexibility index (Phi) is 4.86. The smallest absolute Gasteiger partial charge is 0.270 e. The van der Waals surface area contributed by atoms with E-state index in [2.05, 4.69) is 31.1 Å². The largest absolute Gasteiger partial charge is 0.364 e. The molecule has 0 saturated heterocycles. The van der Waals surface area contributed by atoms with E-state index in [9.17, 15) is 4.79 Å². The van der Waals surface area contributed by atoms with E-state index >= 15 is 0 Å². The molecule has 1 aromatic carbocycles. The quantitative estimate of drug-likeness (QED) is 0.598. The summed E-state index contributed by atoms with van der Waals surface area (Å²) in [4.78, 5) is 17.2. The summed E-state index contributed by atoms with van der Waals surface area (Å²) >= 11 is 6.10. The average molecular weight is 447 g/mol. The summed E-state index contributed by atoms with van der Waals surface area (Å²) in [6, 6.07) is 9.88. The van der Waals surface area contributed by atoms with Crippen molar-refractivity contribution in [3.05, 3.63) is 52.7 Å². The van der Waals surface area contributed by atoms with Gasteiger partial charge in [-0.15, -0.1) is 21.5 Å². The van der Waals surface area contributed by atoms with Gasteiger partial charge in [-0.2, -0.15) is 0 Å². The van der Waals surface area contributed by atoms with E-state index in [1.165, 1.54) is 23.4 Å². The summed E-state index contributed by atoms with van der Waals surface area (Å²) in [5, 5.41) is 9.51. The maximum absolute atomic E-state index is 11.8. The van der Waals surface area contributed by atoms with E-state index in [1.807, 2.05) is 42.5 Å². The number of carbonyl (C=O) groups is 1. The summed E-state index contributed by atoms with van der Waals surface area (Å²) in [7, 11) is 0. The molecule has 130 valence electrons. The molecule has 26 heavy (non-hydrogen) atoms. The third-order valence-electron chi connectivity index (χ3n) is 3.56. The number of nitrogens with two attached hydrogens (primary N) is 1. The molecule has 0 bridgehead atoms.